The van der Waals surface area contributed by atoms with E-state index in [1.165, 1.54) is 24.3 Å². The minimum Gasteiger partial charge on any atom is -0.508 e. The summed E-state index contributed by atoms with van der Waals surface area (Å²) in [6.07, 6.45) is 3.80. The van der Waals surface area contributed by atoms with Crippen molar-refractivity contribution in [2.45, 2.75) is 32.6 Å². The Morgan fingerprint density at radius 2 is 1.24 bits per heavy atom. The molecule has 0 amide bonds. The Kier molecular flexibility index (Phi) is 10.9. The number of hydrogen-bond acceptors (Lipinski definition) is 8. The highest BCUT2D eigenvalue weighted by Crippen LogP contribution is 2.29. The fourth-order valence-electron chi connectivity index (χ4n) is 4.04. The van der Waals surface area contributed by atoms with Crippen molar-refractivity contribution >= 4 is 11.9 Å². The summed E-state index contributed by atoms with van der Waals surface area (Å²) in [7, 11) is 0. The molecule has 4 aromatic rings. The van der Waals surface area contributed by atoms with Crippen LogP contribution in [0, 0.1) is 0 Å². The highest BCUT2D eigenvalue weighted by molar-refractivity contribution is 5.94. The lowest BCUT2D eigenvalue weighted by atomic mass is 10.1. The highest BCUT2D eigenvalue weighted by Gasteiger charge is 2.17. The predicted molar refractivity (Wildman–Crippen MR) is 161 cm³/mol. The van der Waals surface area contributed by atoms with Gasteiger partial charge in [-0.3, -0.25) is 0 Å². The molecule has 0 saturated carbocycles. The second-order valence-electron chi connectivity index (χ2n) is 9.58. The number of phenolic OH excluding ortho intramolecular Hbond substituents is 1. The van der Waals surface area contributed by atoms with Crippen molar-refractivity contribution in [1.82, 2.24) is 0 Å². The van der Waals surface area contributed by atoms with Crippen molar-refractivity contribution in [3.05, 3.63) is 102 Å². The summed E-state index contributed by atoms with van der Waals surface area (Å²) in [5, 5.41) is 9.38. The number of carbonyl (C=O) groups is 2. The number of phenols is 1. The van der Waals surface area contributed by atoms with Crippen molar-refractivity contribution in [2.75, 3.05) is 19.8 Å². The van der Waals surface area contributed by atoms with Gasteiger partial charge in [-0.1, -0.05) is 44.0 Å². The number of esters is 2. The van der Waals surface area contributed by atoms with Gasteiger partial charge in [-0.2, -0.15) is 0 Å². The predicted octanol–water partition coefficient (Wildman–Crippen LogP) is 6.79. The van der Waals surface area contributed by atoms with Crippen LogP contribution in [-0.4, -0.2) is 36.8 Å². The van der Waals surface area contributed by atoms with E-state index in [0.717, 1.165) is 30.4 Å². The number of unbranched alkanes of at least 4 members (excludes halogenated alkanes) is 2. The molecule has 0 fully saturated rings. The molecule has 0 aliphatic heterocycles. The number of nitrogens with two attached hydrogens (primary N) is 1. The van der Waals surface area contributed by atoms with E-state index in [1.54, 1.807) is 42.5 Å². The van der Waals surface area contributed by atoms with Crippen LogP contribution in [0.25, 0.3) is 11.1 Å². The van der Waals surface area contributed by atoms with Crippen molar-refractivity contribution in [3.63, 3.8) is 0 Å². The van der Waals surface area contributed by atoms with Gasteiger partial charge in [-0.05, 0) is 91.2 Å². The molecular formula is C34H35NO7. The van der Waals surface area contributed by atoms with Crippen LogP contribution < -0.4 is 24.7 Å². The first-order valence-corrected chi connectivity index (χ1v) is 14.0. The minimum atomic E-state index is -0.539. The van der Waals surface area contributed by atoms with E-state index in [2.05, 4.69) is 6.92 Å². The minimum absolute atomic E-state index is 0.0750. The van der Waals surface area contributed by atoms with Gasteiger partial charge in [0.2, 0.25) is 0 Å². The van der Waals surface area contributed by atoms with Gasteiger partial charge in [0.05, 0.1) is 18.8 Å². The van der Waals surface area contributed by atoms with Gasteiger partial charge >= 0.3 is 11.9 Å². The molecule has 0 spiro atoms. The molecule has 0 atom stereocenters. The second kappa shape index (κ2) is 15.3. The molecule has 3 N–H and O–H groups in total. The first-order valence-electron chi connectivity index (χ1n) is 14.0. The van der Waals surface area contributed by atoms with Crippen LogP contribution >= 0.6 is 0 Å². The summed E-state index contributed by atoms with van der Waals surface area (Å²) < 4.78 is 22.7. The van der Waals surface area contributed by atoms with Gasteiger partial charge in [0.15, 0.2) is 0 Å². The van der Waals surface area contributed by atoms with E-state index < -0.39 is 11.9 Å². The molecule has 0 heterocycles. The molecule has 218 valence electrons. The molecule has 8 heteroatoms. The van der Waals surface area contributed by atoms with Crippen molar-refractivity contribution in [3.8, 4) is 39.9 Å². The van der Waals surface area contributed by atoms with Crippen molar-refractivity contribution < 1.29 is 33.6 Å². The van der Waals surface area contributed by atoms with E-state index in [-0.39, 0.29) is 5.75 Å². The summed E-state index contributed by atoms with van der Waals surface area (Å²) in [4.78, 5) is 25.4. The lowest BCUT2D eigenvalue weighted by Gasteiger charge is -2.14. The molecule has 8 nitrogen and oxygen atoms in total. The molecule has 0 radical (unpaired) electrons. The smallest absolute Gasteiger partial charge is 0.347 e. The summed E-state index contributed by atoms with van der Waals surface area (Å²) >= 11 is 0. The third-order valence-electron chi connectivity index (χ3n) is 6.36. The lowest BCUT2D eigenvalue weighted by Crippen LogP contribution is -2.13. The average molecular weight is 570 g/mol. The van der Waals surface area contributed by atoms with E-state index in [0.29, 0.717) is 60.3 Å². The molecule has 0 aliphatic carbocycles. The highest BCUT2D eigenvalue weighted by atomic mass is 16.5. The second-order valence-corrected chi connectivity index (χ2v) is 9.58. The van der Waals surface area contributed by atoms with Gasteiger partial charge in [0.1, 0.15) is 34.3 Å². The number of hydrogen-bond donors (Lipinski definition) is 2. The monoisotopic (exact) mass is 569 g/mol. The fourth-order valence-corrected chi connectivity index (χ4v) is 4.04. The van der Waals surface area contributed by atoms with E-state index >= 15 is 0 Å². The summed E-state index contributed by atoms with van der Waals surface area (Å²) in [6, 6.07) is 25.1. The van der Waals surface area contributed by atoms with E-state index in [4.69, 9.17) is 24.7 Å². The van der Waals surface area contributed by atoms with E-state index in [1.807, 2.05) is 24.3 Å². The average Bonchev–Trinajstić information content (AvgIpc) is 3.00. The first kappa shape index (κ1) is 30.1. The third-order valence-corrected chi connectivity index (χ3v) is 6.36. The van der Waals surface area contributed by atoms with Crippen LogP contribution in [0.1, 0.15) is 53.3 Å². The Bertz CT molecular complexity index is 1450. The molecule has 0 aliphatic rings. The quantitative estimate of drug-likeness (QED) is 0.0968. The number of ether oxygens (including phenoxy) is 4. The molecular weight excluding hydrogens is 534 g/mol. The van der Waals surface area contributed by atoms with Gasteiger partial charge in [0.25, 0.3) is 0 Å². The van der Waals surface area contributed by atoms with Crippen molar-refractivity contribution in [1.29, 1.82) is 0 Å². The lowest BCUT2D eigenvalue weighted by molar-refractivity contribution is 0.0722. The molecule has 0 bridgehead atoms. The maximum absolute atomic E-state index is 13.1. The molecule has 0 saturated heterocycles. The van der Waals surface area contributed by atoms with Crippen LogP contribution in [-0.2, 0) is 0 Å². The Morgan fingerprint density at radius 3 is 1.83 bits per heavy atom. The Morgan fingerprint density at radius 1 is 0.667 bits per heavy atom. The van der Waals surface area contributed by atoms with Gasteiger partial charge in [-0.25, -0.2) is 9.59 Å². The van der Waals surface area contributed by atoms with Crippen LogP contribution in [0.2, 0.25) is 0 Å². The van der Waals surface area contributed by atoms with Gasteiger partial charge in [0, 0.05) is 6.07 Å². The third kappa shape index (κ3) is 8.59. The molecule has 0 aromatic heterocycles. The van der Waals surface area contributed by atoms with Crippen molar-refractivity contribution in [2.24, 2.45) is 5.73 Å². The largest absolute Gasteiger partial charge is 0.508 e. The maximum atomic E-state index is 13.1. The Hall–Kier alpha value is -4.82. The first-order chi connectivity index (χ1) is 20.5. The molecule has 42 heavy (non-hydrogen) atoms. The number of benzene rings is 4. The summed E-state index contributed by atoms with van der Waals surface area (Å²) in [5.41, 5.74) is 8.02. The molecule has 0 unspecified atom stereocenters. The van der Waals surface area contributed by atoms with Crippen LogP contribution in [0.5, 0.6) is 28.7 Å². The van der Waals surface area contributed by atoms with E-state index in [9.17, 15) is 14.7 Å². The Labute approximate surface area is 245 Å². The maximum Gasteiger partial charge on any atom is 0.347 e. The van der Waals surface area contributed by atoms with Gasteiger partial charge < -0.3 is 29.8 Å². The SMILES string of the molecule is CCCCCOc1ccc(C(=O)Oc2ccc(-c3ccc(OC(=O)c4ccc(O)cc4)cc3)cc2)c(OCCCN)c1. The Balaban J connectivity index is 1.38. The number of carbonyl (C=O) groups excluding carboxylic acids is 2. The molecule has 4 rings (SSSR count). The standard InChI is InChI=1S/C34H35NO7/c1-2-3-4-21-39-30-18-19-31(32(23-30)40-22-5-20-35)34(38)42-29-16-10-25(11-17-29)24-8-14-28(15-9-24)41-33(37)26-6-12-27(36)13-7-26/h6-19,23,36H,2-5,20-22,35H2,1H3. The zero-order valence-corrected chi connectivity index (χ0v) is 23.6. The fraction of sp³-hybridized carbons (Fsp3) is 0.235. The van der Waals surface area contributed by atoms with Crippen LogP contribution in [0.15, 0.2) is 91.0 Å². The van der Waals surface area contributed by atoms with Gasteiger partial charge in [-0.15, -0.1) is 0 Å². The summed E-state index contributed by atoms with van der Waals surface area (Å²) in [6.45, 7) is 3.59. The zero-order valence-electron chi connectivity index (χ0n) is 23.6. The number of rotatable bonds is 14. The zero-order chi connectivity index (χ0) is 29.7. The molecule has 4 aromatic carbocycles. The normalized spacial score (nSPS) is 10.6. The van der Waals surface area contributed by atoms with Crippen LogP contribution in [0.3, 0.4) is 0 Å². The topological polar surface area (TPSA) is 117 Å². The summed E-state index contributed by atoms with van der Waals surface area (Å²) in [5.74, 6) is 0.824. The number of aromatic hydroxyl groups is 1. The van der Waals surface area contributed by atoms with Crippen LogP contribution in [0.4, 0.5) is 0 Å².